The number of alkyl halides is 3. The van der Waals surface area contributed by atoms with Gasteiger partial charge in [0.15, 0.2) is 6.10 Å². The summed E-state index contributed by atoms with van der Waals surface area (Å²) in [5.74, 6) is 0.0363. The van der Waals surface area contributed by atoms with Gasteiger partial charge in [0.05, 0.1) is 5.56 Å². The van der Waals surface area contributed by atoms with Crippen LogP contribution in [0.4, 0.5) is 18.9 Å². The van der Waals surface area contributed by atoms with Crippen molar-refractivity contribution in [2.45, 2.75) is 25.6 Å². The molecule has 0 aliphatic carbocycles. The standard InChI is InChI=1S/C17H16F3NO2/c1-2-15(23-14-9-4-3-5-10-14)16(22)21-13-8-6-7-12(11-13)17(18,19)20/h3-11,15H,2H2,1H3,(H,21,22). The van der Waals surface area contributed by atoms with E-state index in [0.717, 1.165) is 12.1 Å². The maximum Gasteiger partial charge on any atom is 0.416 e. The number of para-hydroxylation sites is 1. The smallest absolute Gasteiger partial charge is 0.416 e. The molecule has 0 spiro atoms. The molecule has 0 fully saturated rings. The summed E-state index contributed by atoms with van der Waals surface area (Å²) in [6.45, 7) is 1.76. The van der Waals surface area contributed by atoms with Gasteiger partial charge in [-0.05, 0) is 36.8 Å². The molecule has 23 heavy (non-hydrogen) atoms. The Morgan fingerprint density at radius 3 is 2.43 bits per heavy atom. The van der Waals surface area contributed by atoms with Crippen molar-refractivity contribution in [3.63, 3.8) is 0 Å². The van der Waals surface area contributed by atoms with E-state index in [1.54, 1.807) is 31.2 Å². The second-order valence-electron chi connectivity index (χ2n) is 4.90. The number of ether oxygens (including phenoxy) is 1. The van der Waals surface area contributed by atoms with Crippen LogP contribution in [-0.2, 0) is 11.0 Å². The lowest BCUT2D eigenvalue weighted by Crippen LogP contribution is -2.32. The fourth-order valence-electron chi connectivity index (χ4n) is 1.98. The van der Waals surface area contributed by atoms with Gasteiger partial charge in [-0.1, -0.05) is 31.2 Å². The lowest BCUT2D eigenvalue weighted by atomic mass is 10.2. The highest BCUT2D eigenvalue weighted by Gasteiger charge is 2.30. The van der Waals surface area contributed by atoms with Gasteiger partial charge in [0.25, 0.3) is 5.91 Å². The molecule has 0 bridgehead atoms. The Bertz CT molecular complexity index is 656. The topological polar surface area (TPSA) is 38.3 Å². The minimum absolute atomic E-state index is 0.0833. The first-order valence-corrected chi connectivity index (χ1v) is 7.10. The van der Waals surface area contributed by atoms with Crippen LogP contribution in [-0.4, -0.2) is 12.0 Å². The van der Waals surface area contributed by atoms with E-state index in [0.29, 0.717) is 12.2 Å². The molecule has 0 aliphatic rings. The molecule has 1 unspecified atom stereocenters. The molecule has 6 heteroatoms. The average Bonchev–Trinajstić information content (AvgIpc) is 2.53. The van der Waals surface area contributed by atoms with Gasteiger partial charge in [0.1, 0.15) is 5.75 Å². The number of nitrogens with one attached hydrogen (secondary N) is 1. The molecular formula is C17H16F3NO2. The van der Waals surface area contributed by atoms with Crippen molar-refractivity contribution in [1.82, 2.24) is 0 Å². The van der Waals surface area contributed by atoms with Crippen LogP contribution in [0, 0.1) is 0 Å². The Kier molecular flexibility index (Phi) is 5.26. The van der Waals surface area contributed by atoms with E-state index >= 15 is 0 Å². The predicted molar refractivity (Wildman–Crippen MR) is 81.2 cm³/mol. The van der Waals surface area contributed by atoms with Gasteiger partial charge >= 0.3 is 6.18 Å². The molecule has 0 saturated heterocycles. The molecular weight excluding hydrogens is 307 g/mol. The number of carbonyl (C=O) groups is 1. The molecule has 122 valence electrons. The van der Waals surface area contributed by atoms with Crippen LogP contribution in [0.3, 0.4) is 0 Å². The molecule has 0 heterocycles. The summed E-state index contributed by atoms with van der Waals surface area (Å²) in [4.78, 5) is 12.2. The lowest BCUT2D eigenvalue weighted by molar-refractivity contribution is -0.137. The fraction of sp³-hybridized carbons (Fsp3) is 0.235. The van der Waals surface area contributed by atoms with Crippen molar-refractivity contribution >= 4 is 11.6 Å². The number of halogens is 3. The van der Waals surface area contributed by atoms with Crippen molar-refractivity contribution in [2.24, 2.45) is 0 Å². The highest BCUT2D eigenvalue weighted by molar-refractivity contribution is 5.94. The van der Waals surface area contributed by atoms with E-state index in [1.165, 1.54) is 12.1 Å². The Labute approximate surface area is 132 Å². The van der Waals surface area contributed by atoms with Crippen LogP contribution >= 0.6 is 0 Å². The Morgan fingerprint density at radius 2 is 1.83 bits per heavy atom. The summed E-state index contributed by atoms with van der Waals surface area (Å²) in [5, 5.41) is 2.46. The number of hydrogen-bond acceptors (Lipinski definition) is 2. The maximum atomic E-state index is 12.7. The first-order chi connectivity index (χ1) is 10.9. The van der Waals surface area contributed by atoms with Crippen LogP contribution in [0.15, 0.2) is 54.6 Å². The molecule has 1 atom stereocenters. The number of carbonyl (C=O) groups excluding carboxylic acids is 1. The third-order valence-corrected chi connectivity index (χ3v) is 3.14. The molecule has 0 radical (unpaired) electrons. The van der Waals surface area contributed by atoms with Gasteiger partial charge in [-0.2, -0.15) is 13.2 Å². The SMILES string of the molecule is CCC(Oc1ccccc1)C(=O)Nc1cccc(C(F)(F)F)c1. The molecule has 3 nitrogen and oxygen atoms in total. The molecule has 1 amide bonds. The first kappa shape index (κ1) is 16.9. The Morgan fingerprint density at radius 1 is 1.13 bits per heavy atom. The van der Waals surface area contributed by atoms with E-state index in [1.807, 2.05) is 6.07 Å². The Hall–Kier alpha value is -2.50. The van der Waals surface area contributed by atoms with Gasteiger partial charge < -0.3 is 10.1 Å². The zero-order valence-electron chi connectivity index (χ0n) is 12.4. The second-order valence-corrected chi connectivity index (χ2v) is 4.90. The van der Waals surface area contributed by atoms with Gasteiger partial charge in [0, 0.05) is 5.69 Å². The number of benzene rings is 2. The van der Waals surface area contributed by atoms with Crippen LogP contribution in [0.5, 0.6) is 5.75 Å². The monoisotopic (exact) mass is 323 g/mol. The van der Waals surface area contributed by atoms with Crippen LogP contribution in [0.25, 0.3) is 0 Å². The van der Waals surface area contributed by atoms with Crippen LogP contribution in [0.1, 0.15) is 18.9 Å². The summed E-state index contributed by atoms with van der Waals surface area (Å²) < 4.78 is 43.6. The highest BCUT2D eigenvalue weighted by Crippen LogP contribution is 2.30. The quantitative estimate of drug-likeness (QED) is 0.880. The summed E-state index contributed by atoms with van der Waals surface area (Å²) in [6.07, 6.45) is -4.85. The average molecular weight is 323 g/mol. The fourth-order valence-corrected chi connectivity index (χ4v) is 1.98. The number of hydrogen-bond donors (Lipinski definition) is 1. The van der Waals surface area contributed by atoms with Gasteiger partial charge in [-0.15, -0.1) is 0 Å². The molecule has 1 N–H and O–H groups in total. The molecule has 0 saturated carbocycles. The lowest BCUT2D eigenvalue weighted by Gasteiger charge is -2.17. The molecule has 2 rings (SSSR count). The minimum Gasteiger partial charge on any atom is -0.481 e. The van der Waals surface area contributed by atoms with Gasteiger partial charge in [-0.25, -0.2) is 0 Å². The molecule has 0 aromatic heterocycles. The van der Waals surface area contributed by atoms with Gasteiger partial charge in [-0.3, -0.25) is 4.79 Å². The largest absolute Gasteiger partial charge is 0.481 e. The van der Waals surface area contributed by atoms with Crippen molar-refractivity contribution in [3.05, 3.63) is 60.2 Å². The van der Waals surface area contributed by atoms with Crippen LogP contribution < -0.4 is 10.1 Å². The Balaban J connectivity index is 2.08. The zero-order valence-corrected chi connectivity index (χ0v) is 12.4. The minimum atomic E-state index is -4.45. The van der Waals surface area contributed by atoms with E-state index < -0.39 is 23.8 Å². The third kappa shape index (κ3) is 4.74. The first-order valence-electron chi connectivity index (χ1n) is 7.10. The van der Waals surface area contributed by atoms with Crippen molar-refractivity contribution in [1.29, 1.82) is 0 Å². The third-order valence-electron chi connectivity index (χ3n) is 3.14. The summed E-state index contributed by atoms with van der Waals surface area (Å²) >= 11 is 0. The summed E-state index contributed by atoms with van der Waals surface area (Å²) in [5.41, 5.74) is -0.729. The van der Waals surface area contributed by atoms with Crippen molar-refractivity contribution in [3.8, 4) is 5.75 Å². The summed E-state index contributed by atoms with van der Waals surface area (Å²) in [7, 11) is 0. The maximum absolute atomic E-state index is 12.7. The van der Waals surface area contributed by atoms with Crippen LogP contribution in [0.2, 0.25) is 0 Å². The molecule has 2 aromatic rings. The second kappa shape index (κ2) is 7.17. The number of amides is 1. The van der Waals surface area contributed by atoms with E-state index in [9.17, 15) is 18.0 Å². The van der Waals surface area contributed by atoms with Gasteiger partial charge in [0.2, 0.25) is 0 Å². The zero-order chi connectivity index (χ0) is 16.9. The van der Waals surface area contributed by atoms with Crippen molar-refractivity contribution < 1.29 is 22.7 Å². The van der Waals surface area contributed by atoms with E-state index in [4.69, 9.17) is 4.74 Å². The molecule has 2 aromatic carbocycles. The van der Waals surface area contributed by atoms with E-state index in [2.05, 4.69) is 5.32 Å². The predicted octanol–water partition coefficient (Wildman–Crippen LogP) is 4.50. The van der Waals surface area contributed by atoms with E-state index in [-0.39, 0.29) is 5.69 Å². The number of anilines is 1. The molecule has 0 aliphatic heterocycles. The highest BCUT2D eigenvalue weighted by atomic mass is 19.4. The summed E-state index contributed by atoms with van der Waals surface area (Å²) in [6, 6.07) is 13.3. The number of rotatable bonds is 5. The normalized spacial score (nSPS) is 12.5. The van der Waals surface area contributed by atoms with Crippen molar-refractivity contribution in [2.75, 3.05) is 5.32 Å².